The molecule has 9 aliphatic rings. The number of allylic oxidation sites excluding steroid dienone is 2. The van der Waals surface area contributed by atoms with E-state index in [0.29, 0.717) is 19.3 Å². The number of aliphatic hydroxyl groups is 11. The van der Waals surface area contributed by atoms with E-state index in [2.05, 4.69) is 40.7 Å². The normalized spacial score (nSPS) is 52.5. The van der Waals surface area contributed by atoms with Gasteiger partial charge in [-0.25, -0.2) is 0 Å². The summed E-state index contributed by atoms with van der Waals surface area (Å²) in [4.78, 5) is 40.0. The molecule has 11 unspecified atom stereocenters. The van der Waals surface area contributed by atoms with E-state index in [4.69, 9.17) is 42.6 Å². The molecule has 79 heavy (non-hydrogen) atoms. The van der Waals surface area contributed by atoms with Gasteiger partial charge in [0.2, 0.25) is 6.29 Å². The molecule has 0 bridgehead atoms. The number of aliphatic hydroxyl groups excluding tert-OH is 11. The van der Waals surface area contributed by atoms with Gasteiger partial charge in [-0.2, -0.15) is 0 Å². The molecule has 0 aromatic rings. The van der Waals surface area contributed by atoms with Crippen molar-refractivity contribution in [2.45, 2.75) is 236 Å². The molecular weight excluding hydrogens is 1040 g/mol. The predicted octanol–water partition coefficient (Wildman–Crippen LogP) is -0.877. The van der Waals surface area contributed by atoms with Crippen molar-refractivity contribution in [2.24, 2.45) is 56.7 Å². The van der Waals surface area contributed by atoms with Gasteiger partial charge in [0.05, 0.1) is 43.4 Å². The highest BCUT2D eigenvalue weighted by molar-refractivity contribution is 5.78. The molecule has 4 saturated carbocycles. The quantitative estimate of drug-likeness (QED) is 0.0641. The molecular formula is C55H86O24. The van der Waals surface area contributed by atoms with E-state index in [1.807, 2.05) is 0 Å². The molecule has 29 atom stereocenters. The summed E-state index contributed by atoms with van der Waals surface area (Å²) < 4.78 is 52.2. The van der Waals surface area contributed by atoms with Crippen molar-refractivity contribution < 1.29 is 118 Å². The number of ether oxygens (including phenoxy) is 9. The molecule has 0 radical (unpaired) electrons. The number of aliphatic carboxylic acids is 1. The number of esters is 2. The van der Waals surface area contributed by atoms with E-state index in [1.165, 1.54) is 13.8 Å². The number of carbonyl (C=O) groups is 3. The second kappa shape index (κ2) is 22.5. The number of rotatable bonds is 12. The average Bonchev–Trinajstić information content (AvgIpc) is 2.98. The molecule has 0 aromatic carbocycles. The van der Waals surface area contributed by atoms with E-state index < -0.39 is 165 Å². The minimum atomic E-state index is -1.97. The SMILES string of the molecule is CC(=O)O[C@H]1[C@H](OC2CCC3(C)C(CCC4(C)C3CC=C3C5CC(C)(C(=O)O)CC(C(=O)O[C@@H]6O[C@H](CO[C@@H]7O[C@H](CO)[C@@H](O[C@@H]8O[C@@H](C)[C@@H](O)[C@@H](O)[C@H]8O)C(O)[C@H]7O)[C@@H](O)[C@H](O)[C@H]6O)C5CCC34C)C2(C)C)OC[C@H](O)[C@@H]1O. The Kier molecular flexibility index (Phi) is 17.3. The molecule has 4 aliphatic heterocycles. The van der Waals surface area contributed by atoms with Gasteiger partial charge in [0.25, 0.3) is 0 Å². The van der Waals surface area contributed by atoms with Gasteiger partial charge in [0.15, 0.2) is 25.0 Å². The van der Waals surface area contributed by atoms with Gasteiger partial charge in [-0.15, -0.1) is 0 Å². The van der Waals surface area contributed by atoms with Crippen LogP contribution in [0.25, 0.3) is 0 Å². The molecule has 0 spiro atoms. The summed E-state index contributed by atoms with van der Waals surface area (Å²) in [7, 11) is 0. The fourth-order valence-corrected chi connectivity index (χ4v) is 16.6. The molecule has 9 rings (SSSR count). The van der Waals surface area contributed by atoms with Gasteiger partial charge in [-0.05, 0) is 117 Å². The lowest BCUT2D eigenvalue weighted by Crippen LogP contribution is -2.65. The fourth-order valence-electron chi connectivity index (χ4n) is 16.6. The molecule has 0 amide bonds. The van der Waals surface area contributed by atoms with E-state index >= 15 is 0 Å². The topological polar surface area (TPSA) is 377 Å². The van der Waals surface area contributed by atoms with E-state index in [1.54, 1.807) is 6.92 Å². The first-order valence-corrected chi connectivity index (χ1v) is 28.2. The molecule has 0 aromatic heterocycles. The minimum absolute atomic E-state index is 0.0821. The number of fused-ring (bicyclic) bond motifs is 7. The summed E-state index contributed by atoms with van der Waals surface area (Å²) in [6.45, 7) is 14.0. The lowest BCUT2D eigenvalue weighted by molar-refractivity contribution is -0.361. The van der Waals surface area contributed by atoms with Crippen LogP contribution in [-0.4, -0.2) is 222 Å². The first-order chi connectivity index (χ1) is 36.9. The van der Waals surface area contributed by atoms with Crippen LogP contribution in [0.5, 0.6) is 0 Å². The van der Waals surface area contributed by atoms with Crippen LogP contribution >= 0.6 is 0 Å². The Bertz CT molecular complexity index is 2250. The Labute approximate surface area is 459 Å². The van der Waals surface area contributed by atoms with E-state index in [0.717, 1.165) is 31.3 Å². The smallest absolute Gasteiger partial charge is 0.311 e. The standard InChI is InChI=1S/C55H86O24/c1-22-34(59)37(62)40(65)47(73-22)78-43-29(19-56)75-46(42(67)39(43)64)72-21-30-36(61)38(63)41(66)48(76-30)79-45(68)26-18-52(5,50(69)70)17-25-24(26)11-15-54(7)27(25)9-10-32-53(6)14-13-33(51(3,4)31(53)12-16-55(32,54)8)77-49-44(74-23(2)57)35(60)28(58)20-71-49/h9,22,24-26,28-44,46-49,56,58-67H,10-21H2,1-8H3,(H,69,70)/t22-,24?,25?,26?,28-,29+,30+,31?,32?,33?,34+,35-,36+,37+,38-,39?,40+,41+,42+,43+,44+,46+,47-,48-,49-,52?,53?,54?,55?/m0/s1. The lowest BCUT2D eigenvalue weighted by atomic mass is 9.34. The average molecular weight is 1130 g/mol. The first-order valence-electron chi connectivity index (χ1n) is 28.2. The summed E-state index contributed by atoms with van der Waals surface area (Å²) in [6.07, 6.45) is -22.8. The van der Waals surface area contributed by atoms with Gasteiger partial charge in [-0.1, -0.05) is 46.3 Å². The van der Waals surface area contributed by atoms with Crippen LogP contribution in [0.4, 0.5) is 0 Å². The molecule has 24 heteroatoms. The first kappa shape index (κ1) is 61.0. The van der Waals surface area contributed by atoms with Crippen LogP contribution in [0, 0.1) is 56.7 Å². The van der Waals surface area contributed by atoms with Crippen LogP contribution < -0.4 is 0 Å². The number of hydrogen-bond acceptors (Lipinski definition) is 23. The predicted molar refractivity (Wildman–Crippen MR) is 267 cm³/mol. The lowest BCUT2D eigenvalue weighted by Gasteiger charge is -2.71. The zero-order chi connectivity index (χ0) is 57.8. The zero-order valence-electron chi connectivity index (χ0n) is 46.3. The largest absolute Gasteiger partial charge is 0.481 e. The van der Waals surface area contributed by atoms with Gasteiger partial charge >= 0.3 is 17.9 Å². The summed E-state index contributed by atoms with van der Waals surface area (Å²) >= 11 is 0. The zero-order valence-corrected chi connectivity index (χ0v) is 46.3. The van der Waals surface area contributed by atoms with Gasteiger partial charge in [0, 0.05) is 6.92 Å². The molecule has 4 heterocycles. The second-order valence-corrected chi connectivity index (χ2v) is 26.1. The molecule has 12 N–H and O–H groups in total. The van der Waals surface area contributed by atoms with Crippen molar-refractivity contribution in [1.82, 2.24) is 0 Å². The summed E-state index contributed by atoms with van der Waals surface area (Å²) in [5.74, 6) is -3.83. The van der Waals surface area contributed by atoms with Gasteiger partial charge in [0.1, 0.15) is 79.4 Å². The monoisotopic (exact) mass is 1130 g/mol. The molecule has 450 valence electrons. The fraction of sp³-hybridized carbons (Fsp3) is 0.909. The Morgan fingerprint density at radius 3 is 1.99 bits per heavy atom. The number of hydrogen-bond donors (Lipinski definition) is 12. The van der Waals surface area contributed by atoms with Crippen molar-refractivity contribution in [3.8, 4) is 0 Å². The van der Waals surface area contributed by atoms with Crippen LogP contribution in [0.15, 0.2) is 11.6 Å². The van der Waals surface area contributed by atoms with Gasteiger partial charge < -0.3 is 104 Å². The third kappa shape index (κ3) is 10.4. The molecule has 8 fully saturated rings. The van der Waals surface area contributed by atoms with Crippen molar-refractivity contribution in [1.29, 1.82) is 0 Å². The Balaban J connectivity index is 0.883. The van der Waals surface area contributed by atoms with E-state index in [-0.39, 0.29) is 65.5 Å². The molecule has 4 saturated heterocycles. The summed E-state index contributed by atoms with van der Waals surface area (Å²) in [5, 5.41) is 129. The molecule has 24 nitrogen and oxygen atoms in total. The highest BCUT2D eigenvalue weighted by atomic mass is 16.8. The van der Waals surface area contributed by atoms with Crippen molar-refractivity contribution in [2.75, 3.05) is 19.8 Å². The Morgan fingerprint density at radius 1 is 0.658 bits per heavy atom. The minimum Gasteiger partial charge on any atom is -0.481 e. The van der Waals surface area contributed by atoms with E-state index in [9.17, 15) is 75.7 Å². The third-order valence-electron chi connectivity index (χ3n) is 21.3. The number of carboxylic acid groups (broad SMARTS) is 1. The number of carbonyl (C=O) groups excluding carboxylic acids is 2. The van der Waals surface area contributed by atoms with Crippen molar-refractivity contribution in [3.63, 3.8) is 0 Å². The highest BCUT2D eigenvalue weighted by Gasteiger charge is 2.69. The maximum atomic E-state index is 14.7. The van der Waals surface area contributed by atoms with Crippen LogP contribution in [-0.2, 0) is 57.0 Å². The van der Waals surface area contributed by atoms with Gasteiger partial charge in [-0.3, -0.25) is 14.4 Å². The van der Waals surface area contributed by atoms with Crippen molar-refractivity contribution in [3.05, 3.63) is 11.6 Å². The van der Waals surface area contributed by atoms with Crippen LogP contribution in [0.1, 0.15) is 113 Å². The molecule has 5 aliphatic carbocycles. The maximum absolute atomic E-state index is 14.7. The highest BCUT2D eigenvalue weighted by Crippen LogP contribution is 2.75. The number of carboxylic acids is 1. The van der Waals surface area contributed by atoms with Crippen LogP contribution in [0.2, 0.25) is 0 Å². The summed E-state index contributed by atoms with van der Waals surface area (Å²) in [6, 6.07) is 0. The maximum Gasteiger partial charge on any atom is 0.311 e. The van der Waals surface area contributed by atoms with Crippen molar-refractivity contribution >= 4 is 17.9 Å². The summed E-state index contributed by atoms with van der Waals surface area (Å²) in [5.41, 5.74) is -1.42. The Hall–Kier alpha value is -2.57. The second-order valence-electron chi connectivity index (χ2n) is 26.1. The Morgan fingerprint density at radius 2 is 1.32 bits per heavy atom. The van der Waals surface area contributed by atoms with Crippen LogP contribution in [0.3, 0.4) is 0 Å². The third-order valence-corrected chi connectivity index (χ3v) is 21.3.